The van der Waals surface area contributed by atoms with Gasteiger partial charge in [-0.2, -0.15) is 9.68 Å². The zero-order valence-electron chi connectivity index (χ0n) is 19.4. The summed E-state index contributed by atoms with van der Waals surface area (Å²) >= 11 is 0. The Morgan fingerprint density at radius 2 is 0.778 bits per heavy atom. The van der Waals surface area contributed by atoms with E-state index in [9.17, 15) is 0 Å². The van der Waals surface area contributed by atoms with Gasteiger partial charge < -0.3 is 0 Å². The van der Waals surface area contributed by atoms with Crippen LogP contribution in [0.3, 0.4) is 0 Å². The van der Waals surface area contributed by atoms with Crippen LogP contribution in [0.5, 0.6) is 0 Å². The van der Waals surface area contributed by atoms with Gasteiger partial charge in [0.1, 0.15) is 26.8 Å². The van der Waals surface area contributed by atoms with Crippen molar-refractivity contribution in [1.29, 1.82) is 0 Å². The van der Waals surface area contributed by atoms with Crippen LogP contribution in [0.15, 0.2) is 0 Å². The monoisotopic (exact) mass is 386 g/mol. The van der Waals surface area contributed by atoms with Crippen molar-refractivity contribution in [3.63, 3.8) is 0 Å². The Hall–Kier alpha value is -0.120. The third-order valence-corrected chi connectivity index (χ3v) is 5.35. The first-order chi connectivity index (χ1) is 13.2. The second-order valence-electron chi connectivity index (χ2n) is 8.35. The van der Waals surface area contributed by atoms with Gasteiger partial charge in [-0.05, 0) is 24.1 Å². The molecule has 164 valence electrons. The Kier molecular flexibility index (Phi) is 20.5. The molecule has 0 spiro atoms. The van der Waals surface area contributed by atoms with Crippen molar-refractivity contribution in [1.82, 2.24) is 0 Å². The zero-order chi connectivity index (χ0) is 20.1. The van der Waals surface area contributed by atoms with Crippen molar-refractivity contribution >= 4 is 0 Å². The van der Waals surface area contributed by atoms with Crippen LogP contribution in [-0.2, 0) is 9.68 Å². The van der Waals surface area contributed by atoms with Crippen molar-refractivity contribution < 1.29 is 14.5 Å². The average Bonchev–Trinajstić information content (AvgIpc) is 2.66. The van der Waals surface area contributed by atoms with E-state index in [4.69, 9.17) is 9.68 Å². The van der Waals surface area contributed by atoms with Crippen molar-refractivity contribution in [2.75, 3.05) is 26.8 Å². The fourth-order valence-electron chi connectivity index (χ4n) is 3.56. The van der Waals surface area contributed by atoms with Crippen LogP contribution in [0.2, 0.25) is 0 Å². The molecule has 3 nitrogen and oxygen atoms in total. The van der Waals surface area contributed by atoms with Crippen molar-refractivity contribution in [3.8, 4) is 0 Å². The summed E-state index contributed by atoms with van der Waals surface area (Å²) in [5, 5.41) is 0. The molecule has 0 saturated carbocycles. The van der Waals surface area contributed by atoms with Crippen LogP contribution in [0.1, 0.15) is 130 Å². The zero-order valence-corrected chi connectivity index (χ0v) is 19.4. The van der Waals surface area contributed by atoms with Crippen LogP contribution in [0.25, 0.3) is 0 Å². The third-order valence-electron chi connectivity index (χ3n) is 5.35. The Morgan fingerprint density at radius 3 is 1.11 bits per heavy atom. The van der Waals surface area contributed by atoms with E-state index in [1.54, 1.807) is 0 Å². The molecule has 0 unspecified atom stereocenters. The van der Waals surface area contributed by atoms with E-state index in [2.05, 4.69) is 27.8 Å². The first kappa shape index (κ1) is 26.9. The van der Waals surface area contributed by atoms with E-state index in [0.717, 1.165) is 39.0 Å². The summed E-state index contributed by atoms with van der Waals surface area (Å²) in [6, 6.07) is 0. The number of hydroxylamine groups is 4. The van der Waals surface area contributed by atoms with Gasteiger partial charge in [-0.15, -0.1) is 0 Å². The Labute approximate surface area is 171 Å². The number of hydrogen-bond acceptors (Lipinski definition) is 2. The highest BCUT2D eigenvalue weighted by atomic mass is 17.0. The van der Waals surface area contributed by atoms with E-state index in [1.165, 1.54) is 89.9 Å². The summed E-state index contributed by atoms with van der Waals surface area (Å²) in [7, 11) is 2.08. The molecule has 27 heavy (non-hydrogen) atoms. The summed E-state index contributed by atoms with van der Waals surface area (Å²) in [6.07, 6.45) is 22.5. The van der Waals surface area contributed by atoms with Gasteiger partial charge >= 0.3 is 0 Å². The van der Waals surface area contributed by atoms with Gasteiger partial charge in [0.2, 0.25) is 0 Å². The van der Waals surface area contributed by atoms with E-state index < -0.39 is 0 Å². The first-order valence-corrected chi connectivity index (χ1v) is 12.3. The molecule has 0 aromatic carbocycles. The number of nitrogens with zero attached hydrogens (tertiary/aromatic N) is 1. The molecule has 0 aromatic heterocycles. The molecular formula is C24H52NO2+. The largest absolute Gasteiger partial charge is 0.168 e. The fraction of sp³-hybridized carbons (Fsp3) is 1.00. The Bertz CT molecular complexity index is 262. The smallest absolute Gasteiger partial charge is 0.142 e. The second-order valence-corrected chi connectivity index (χ2v) is 8.35. The molecule has 3 heteroatoms. The molecule has 0 bridgehead atoms. The van der Waals surface area contributed by atoms with Gasteiger partial charge in [0.15, 0.2) is 0 Å². The molecule has 0 fully saturated rings. The Balaban J connectivity index is 3.63. The number of unbranched alkanes of at least 4 members (excludes halogenated alkanes) is 14. The van der Waals surface area contributed by atoms with E-state index >= 15 is 0 Å². The van der Waals surface area contributed by atoms with Crippen LogP contribution >= 0.6 is 0 Å². The summed E-state index contributed by atoms with van der Waals surface area (Å²) in [4.78, 5) is 12.5. The maximum absolute atomic E-state index is 6.10. The molecule has 0 aromatic rings. The number of quaternary nitrogens is 1. The number of rotatable bonds is 22. The SMILES string of the molecule is CCCCCCCCCCO[N+](C)(CCC)OCCCCCCCCCC. The highest BCUT2D eigenvalue weighted by Crippen LogP contribution is 2.13. The molecule has 0 aliphatic carbocycles. The lowest BCUT2D eigenvalue weighted by molar-refractivity contribution is -1.23. The van der Waals surface area contributed by atoms with E-state index in [0.29, 0.717) is 4.81 Å². The molecule has 0 rings (SSSR count). The standard InChI is InChI=1S/C24H52NO2/c1-5-8-10-12-14-16-18-20-23-26-25(4,22-7-3)27-24-21-19-17-15-13-11-9-6-2/h5-24H2,1-4H3/q+1. The molecule has 0 aliphatic heterocycles. The minimum atomic E-state index is 0.337. The molecular weight excluding hydrogens is 334 g/mol. The lowest BCUT2D eigenvalue weighted by Crippen LogP contribution is -2.45. The molecule has 0 saturated heterocycles. The highest BCUT2D eigenvalue weighted by Gasteiger charge is 2.24. The quantitative estimate of drug-likeness (QED) is 0.107. The normalized spacial score (nSPS) is 12.0. The van der Waals surface area contributed by atoms with Gasteiger partial charge in [-0.1, -0.05) is 111 Å². The van der Waals surface area contributed by atoms with Gasteiger partial charge in [0.05, 0.1) is 0 Å². The molecule has 0 radical (unpaired) electrons. The topological polar surface area (TPSA) is 18.5 Å². The minimum absolute atomic E-state index is 0.337. The van der Waals surface area contributed by atoms with E-state index in [-0.39, 0.29) is 0 Å². The summed E-state index contributed by atoms with van der Waals surface area (Å²) in [5.41, 5.74) is 0. The minimum Gasteiger partial charge on any atom is -0.168 e. The highest BCUT2D eigenvalue weighted by molar-refractivity contribution is 4.46. The van der Waals surface area contributed by atoms with Gasteiger partial charge in [-0.25, -0.2) is 0 Å². The molecule has 0 N–H and O–H groups in total. The molecule has 0 aliphatic rings. The van der Waals surface area contributed by atoms with Gasteiger partial charge in [0, 0.05) is 0 Å². The van der Waals surface area contributed by atoms with Crippen LogP contribution in [-0.4, -0.2) is 31.6 Å². The van der Waals surface area contributed by atoms with E-state index in [1.807, 2.05) is 0 Å². The maximum atomic E-state index is 6.10. The lowest BCUT2D eigenvalue weighted by Gasteiger charge is -2.28. The van der Waals surface area contributed by atoms with Gasteiger partial charge in [0.25, 0.3) is 0 Å². The maximum Gasteiger partial charge on any atom is 0.142 e. The van der Waals surface area contributed by atoms with Crippen molar-refractivity contribution in [3.05, 3.63) is 0 Å². The predicted octanol–water partition coefficient (Wildman–Crippen LogP) is 7.99. The lowest BCUT2D eigenvalue weighted by atomic mass is 10.1. The van der Waals surface area contributed by atoms with Crippen molar-refractivity contribution in [2.24, 2.45) is 0 Å². The summed E-state index contributed by atoms with van der Waals surface area (Å²) < 4.78 is 0. The van der Waals surface area contributed by atoms with Gasteiger partial charge in [-0.3, -0.25) is 0 Å². The average molecular weight is 387 g/mol. The Morgan fingerprint density at radius 1 is 0.444 bits per heavy atom. The molecule has 0 heterocycles. The third kappa shape index (κ3) is 19.0. The number of hydrogen-bond donors (Lipinski definition) is 0. The first-order valence-electron chi connectivity index (χ1n) is 12.3. The predicted molar refractivity (Wildman–Crippen MR) is 118 cm³/mol. The van der Waals surface area contributed by atoms with Crippen LogP contribution in [0.4, 0.5) is 0 Å². The molecule has 0 atom stereocenters. The molecule has 0 amide bonds. The fourth-order valence-corrected chi connectivity index (χ4v) is 3.56. The van der Waals surface area contributed by atoms with Crippen LogP contribution < -0.4 is 0 Å². The van der Waals surface area contributed by atoms with Crippen LogP contribution in [0, 0.1) is 0 Å². The summed E-state index contributed by atoms with van der Waals surface area (Å²) in [6.45, 7) is 9.34. The summed E-state index contributed by atoms with van der Waals surface area (Å²) in [5.74, 6) is 0. The second kappa shape index (κ2) is 20.6. The van der Waals surface area contributed by atoms with Crippen molar-refractivity contribution in [2.45, 2.75) is 130 Å².